The van der Waals surface area contributed by atoms with Gasteiger partial charge in [0.05, 0.1) is 36.1 Å². The second kappa shape index (κ2) is 9.34. The molecular formula is C24H28N6O4S2. The fourth-order valence-corrected chi connectivity index (χ4v) is 6.95. The van der Waals surface area contributed by atoms with Gasteiger partial charge in [-0.05, 0) is 29.8 Å². The lowest BCUT2D eigenvalue weighted by Gasteiger charge is -2.32. The number of ether oxygens (including phenoxy) is 1. The number of sulfonamides is 1. The summed E-state index contributed by atoms with van der Waals surface area (Å²) in [6.45, 7) is 6.07. The van der Waals surface area contributed by atoms with E-state index < -0.39 is 10.0 Å². The molecule has 0 spiro atoms. The van der Waals surface area contributed by atoms with Crippen LogP contribution in [0.15, 0.2) is 24.3 Å². The van der Waals surface area contributed by atoms with Crippen molar-refractivity contribution in [2.75, 3.05) is 69.0 Å². The van der Waals surface area contributed by atoms with Gasteiger partial charge in [-0.2, -0.15) is 4.31 Å². The Balaban J connectivity index is 1.32. The zero-order chi connectivity index (χ0) is 24.9. The van der Waals surface area contributed by atoms with E-state index in [4.69, 9.17) is 14.7 Å². The van der Waals surface area contributed by atoms with Crippen molar-refractivity contribution in [1.29, 1.82) is 0 Å². The van der Waals surface area contributed by atoms with Crippen LogP contribution in [-0.4, -0.2) is 92.2 Å². The summed E-state index contributed by atoms with van der Waals surface area (Å²) in [6, 6.07) is 8.03. The molecule has 0 unspecified atom stereocenters. The Morgan fingerprint density at radius 2 is 1.83 bits per heavy atom. The molecule has 5 heterocycles. The van der Waals surface area contributed by atoms with Gasteiger partial charge in [-0.15, -0.1) is 11.3 Å². The van der Waals surface area contributed by atoms with Gasteiger partial charge in [-0.1, -0.05) is 0 Å². The first-order valence-electron chi connectivity index (χ1n) is 12.1. The van der Waals surface area contributed by atoms with Crippen LogP contribution in [0.3, 0.4) is 0 Å². The van der Waals surface area contributed by atoms with Crippen LogP contribution in [0, 0.1) is 0 Å². The highest BCUT2D eigenvalue weighted by Gasteiger charge is 2.25. The lowest BCUT2D eigenvalue weighted by molar-refractivity contribution is -0.115. The number of hydrogen-bond donors (Lipinski definition) is 1. The topological polar surface area (TPSA) is 108 Å². The number of nitrogens with one attached hydrogen (secondary N) is 1. The van der Waals surface area contributed by atoms with E-state index in [9.17, 15) is 13.2 Å². The van der Waals surface area contributed by atoms with Crippen molar-refractivity contribution >= 4 is 49.0 Å². The number of fused-ring (bicyclic) bond motifs is 2. The van der Waals surface area contributed by atoms with Gasteiger partial charge in [0.25, 0.3) is 0 Å². The minimum Gasteiger partial charge on any atom is -0.378 e. The summed E-state index contributed by atoms with van der Waals surface area (Å²) in [4.78, 5) is 27.5. The van der Waals surface area contributed by atoms with Crippen molar-refractivity contribution in [1.82, 2.24) is 19.2 Å². The SMILES string of the molecule is CS(=O)(=O)N1CCN(Cc2cc3nc(-c4ccc5c(c4)CC(=O)N5)nc(N4CCOCC4)c3s2)CC1. The Bertz CT molecular complexity index is 1430. The highest BCUT2D eigenvalue weighted by atomic mass is 32.2. The van der Waals surface area contributed by atoms with Gasteiger partial charge < -0.3 is 15.0 Å². The number of benzene rings is 1. The molecule has 12 heteroatoms. The van der Waals surface area contributed by atoms with Crippen LogP contribution in [0.25, 0.3) is 21.6 Å². The van der Waals surface area contributed by atoms with Crippen LogP contribution in [0.2, 0.25) is 0 Å². The van der Waals surface area contributed by atoms with Crippen molar-refractivity contribution in [3.8, 4) is 11.4 Å². The molecule has 3 aromatic rings. The molecule has 6 rings (SSSR count). The summed E-state index contributed by atoms with van der Waals surface area (Å²) in [5.41, 5.74) is 3.62. The number of aromatic nitrogens is 2. The summed E-state index contributed by atoms with van der Waals surface area (Å²) >= 11 is 1.71. The quantitative estimate of drug-likeness (QED) is 0.534. The Morgan fingerprint density at radius 3 is 2.58 bits per heavy atom. The second-order valence-corrected chi connectivity index (χ2v) is 12.6. The minimum absolute atomic E-state index is 0.00683. The average Bonchev–Trinajstić information content (AvgIpc) is 3.44. The zero-order valence-electron chi connectivity index (χ0n) is 20.1. The molecule has 0 aliphatic carbocycles. The summed E-state index contributed by atoms with van der Waals surface area (Å²) in [7, 11) is -3.15. The lowest BCUT2D eigenvalue weighted by Crippen LogP contribution is -2.47. The van der Waals surface area contributed by atoms with Crippen molar-refractivity contribution < 1.29 is 17.9 Å². The number of nitrogens with zero attached hydrogens (tertiary/aromatic N) is 5. The summed E-state index contributed by atoms with van der Waals surface area (Å²) in [6.07, 6.45) is 1.64. The third-order valence-corrected chi connectivity index (χ3v) is 9.29. The van der Waals surface area contributed by atoms with Crippen molar-refractivity contribution in [3.05, 3.63) is 34.7 Å². The van der Waals surface area contributed by atoms with Crippen LogP contribution in [0.5, 0.6) is 0 Å². The molecule has 190 valence electrons. The predicted octanol–water partition coefficient (Wildman–Crippen LogP) is 1.77. The van der Waals surface area contributed by atoms with E-state index in [1.54, 1.807) is 15.6 Å². The number of amides is 1. The van der Waals surface area contributed by atoms with E-state index in [1.165, 1.54) is 11.1 Å². The fourth-order valence-electron chi connectivity index (χ4n) is 4.97. The van der Waals surface area contributed by atoms with E-state index in [0.717, 1.165) is 52.5 Å². The number of anilines is 2. The number of thiophene rings is 1. The van der Waals surface area contributed by atoms with Crippen LogP contribution in [-0.2, 0) is 32.5 Å². The Hall–Kier alpha value is -2.64. The first-order chi connectivity index (χ1) is 17.3. The van der Waals surface area contributed by atoms with Crippen LogP contribution in [0.4, 0.5) is 11.5 Å². The molecule has 0 atom stereocenters. The smallest absolute Gasteiger partial charge is 0.228 e. The number of piperazine rings is 1. The molecule has 1 amide bonds. The summed E-state index contributed by atoms with van der Waals surface area (Å²) in [5, 5.41) is 2.88. The van der Waals surface area contributed by atoms with E-state index in [0.29, 0.717) is 51.6 Å². The summed E-state index contributed by atoms with van der Waals surface area (Å²) in [5.74, 6) is 1.58. The third-order valence-electron chi connectivity index (χ3n) is 6.88. The van der Waals surface area contributed by atoms with Crippen molar-refractivity contribution in [2.45, 2.75) is 13.0 Å². The molecule has 0 saturated carbocycles. The van der Waals surface area contributed by atoms with Crippen molar-refractivity contribution in [3.63, 3.8) is 0 Å². The Morgan fingerprint density at radius 1 is 1.06 bits per heavy atom. The standard InChI is InChI=1S/C24H28N6O4S2/c1-36(32,33)30-6-4-28(5-7-30)15-18-14-20-22(35-18)24(29-8-10-34-11-9-29)27-23(26-20)16-2-3-19-17(12-16)13-21(31)25-19/h2-3,12,14H,4-11,13,15H2,1H3,(H,25,31). The van der Waals surface area contributed by atoms with Gasteiger partial charge in [0.15, 0.2) is 11.6 Å². The molecule has 0 radical (unpaired) electrons. The number of hydrogen-bond acceptors (Lipinski definition) is 9. The van der Waals surface area contributed by atoms with Crippen LogP contribution in [0.1, 0.15) is 10.4 Å². The highest BCUT2D eigenvalue weighted by molar-refractivity contribution is 7.88. The number of rotatable bonds is 5. The van der Waals surface area contributed by atoms with Crippen LogP contribution >= 0.6 is 11.3 Å². The molecule has 10 nitrogen and oxygen atoms in total. The molecule has 0 bridgehead atoms. The van der Waals surface area contributed by atoms with Gasteiger partial charge in [-0.3, -0.25) is 9.69 Å². The molecular weight excluding hydrogens is 500 g/mol. The normalized spacial score (nSPS) is 19.6. The predicted molar refractivity (Wildman–Crippen MR) is 140 cm³/mol. The maximum absolute atomic E-state index is 11.8. The van der Waals surface area contributed by atoms with E-state index in [-0.39, 0.29) is 5.91 Å². The molecule has 1 N–H and O–H groups in total. The first-order valence-corrected chi connectivity index (χ1v) is 14.7. The number of morpholine rings is 1. The minimum atomic E-state index is -3.15. The number of carbonyl (C=O) groups excluding carboxylic acids is 1. The average molecular weight is 529 g/mol. The highest BCUT2D eigenvalue weighted by Crippen LogP contribution is 2.36. The third kappa shape index (κ3) is 4.71. The zero-order valence-corrected chi connectivity index (χ0v) is 21.7. The molecule has 1 aromatic carbocycles. The van der Waals surface area contributed by atoms with E-state index in [2.05, 4.69) is 21.2 Å². The molecule has 2 saturated heterocycles. The largest absolute Gasteiger partial charge is 0.378 e. The molecule has 3 aliphatic heterocycles. The van der Waals surface area contributed by atoms with E-state index >= 15 is 0 Å². The maximum Gasteiger partial charge on any atom is 0.228 e. The number of carbonyl (C=O) groups is 1. The maximum atomic E-state index is 11.8. The lowest BCUT2D eigenvalue weighted by atomic mass is 10.1. The van der Waals surface area contributed by atoms with Gasteiger partial charge in [-0.25, -0.2) is 18.4 Å². The molecule has 36 heavy (non-hydrogen) atoms. The molecule has 2 aromatic heterocycles. The van der Waals surface area contributed by atoms with Gasteiger partial charge >= 0.3 is 0 Å². The Labute approximate surface area is 213 Å². The van der Waals surface area contributed by atoms with Gasteiger partial charge in [0.2, 0.25) is 15.9 Å². The van der Waals surface area contributed by atoms with E-state index in [1.807, 2.05) is 18.2 Å². The van der Waals surface area contributed by atoms with Crippen LogP contribution < -0.4 is 10.2 Å². The fraction of sp³-hybridized carbons (Fsp3) is 0.458. The second-order valence-electron chi connectivity index (χ2n) is 9.43. The Kier molecular flexibility index (Phi) is 6.16. The summed E-state index contributed by atoms with van der Waals surface area (Å²) < 4.78 is 31.9. The van der Waals surface area contributed by atoms with Gasteiger partial charge in [0.1, 0.15) is 0 Å². The van der Waals surface area contributed by atoms with Crippen molar-refractivity contribution in [2.24, 2.45) is 0 Å². The van der Waals surface area contributed by atoms with Gasteiger partial charge in [0, 0.05) is 61.9 Å². The monoisotopic (exact) mass is 528 g/mol. The molecule has 3 aliphatic rings. The first kappa shape index (κ1) is 23.7. The molecule has 2 fully saturated rings.